The second-order valence-corrected chi connectivity index (χ2v) is 5.78. The predicted octanol–water partition coefficient (Wildman–Crippen LogP) is 3.55. The molecule has 2 aromatic carbocycles. The molecule has 6 nitrogen and oxygen atoms in total. The van der Waals surface area contributed by atoms with Crippen molar-refractivity contribution in [3.05, 3.63) is 54.2 Å². The number of pyridine rings is 1. The molecular formula is C17H15N2O4S-. The molecular weight excluding hydrogens is 328 g/mol. The third kappa shape index (κ3) is 3.47. The maximum atomic E-state index is 10.7. The van der Waals surface area contributed by atoms with Crippen LogP contribution in [0.15, 0.2) is 48.7 Å². The maximum absolute atomic E-state index is 10.7. The number of hydrogen-bond acceptors (Lipinski definition) is 5. The van der Waals surface area contributed by atoms with E-state index in [-0.39, 0.29) is 0 Å². The van der Waals surface area contributed by atoms with Crippen molar-refractivity contribution < 1.29 is 18.2 Å². The number of hydrogen-bond donors (Lipinski definition) is 1. The molecule has 0 amide bonds. The lowest BCUT2D eigenvalue weighted by molar-refractivity contribution is 0.415. The van der Waals surface area contributed by atoms with Crippen molar-refractivity contribution in [1.82, 2.24) is 4.98 Å². The van der Waals surface area contributed by atoms with Crippen LogP contribution in [0.3, 0.4) is 0 Å². The fraction of sp³-hybridized carbons (Fsp3) is 0.118. The standard InChI is InChI=1S/C17H16N2O4S/c1-11-9-13(4-6-15(11)19-24(20)21)23-17-7-8-18-16-10-12(22-2)3-5-14(16)17/h3-10,19H,1-2H3,(H,20,21)/p-1. The summed E-state index contributed by atoms with van der Waals surface area (Å²) in [5.41, 5.74) is 2.04. The van der Waals surface area contributed by atoms with Gasteiger partial charge in [0.05, 0.1) is 12.6 Å². The Morgan fingerprint density at radius 3 is 2.62 bits per heavy atom. The molecule has 1 unspecified atom stereocenters. The van der Waals surface area contributed by atoms with Crippen LogP contribution in [0.2, 0.25) is 0 Å². The van der Waals surface area contributed by atoms with Gasteiger partial charge in [0.15, 0.2) is 0 Å². The number of aryl methyl sites for hydroxylation is 1. The number of methoxy groups -OCH3 is 1. The summed E-state index contributed by atoms with van der Waals surface area (Å²) in [4.78, 5) is 4.32. The lowest BCUT2D eigenvalue weighted by Gasteiger charge is -2.14. The number of benzene rings is 2. The first kappa shape index (κ1) is 16.2. The molecule has 3 aromatic rings. The zero-order valence-corrected chi connectivity index (χ0v) is 13.9. The zero-order valence-electron chi connectivity index (χ0n) is 13.1. The third-order valence-electron chi connectivity index (χ3n) is 3.53. The van der Waals surface area contributed by atoms with Crippen LogP contribution in [0.5, 0.6) is 17.2 Å². The number of nitrogens with zero attached hydrogens (tertiary/aromatic N) is 1. The maximum Gasteiger partial charge on any atom is 0.138 e. The normalized spacial score (nSPS) is 12.0. The number of nitrogens with one attached hydrogen (secondary N) is 1. The van der Waals surface area contributed by atoms with Gasteiger partial charge in [-0.15, -0.1) is 0 Å². The van der Waals surface area contributed by atoms with Crippen molar-refractivity contribution in [3.8, 4) is 17.2 Å². The first-order valence-corrected chi connectivity index (χ1v) is 8.21. The van der Waals surface area contributed by atoms with Crippen LogP contribution in [0, 0.1) is 6.92 Å². The average Bonchev–Trinajstić information content (AvgIpc) is 2.57. The lowest BCUT2D eigenvalue weighted by Crippen LogP contribution is -2.03. The van der Waals surface area contributed by atoms with E-state index in [9.17, 15) is 8.76 Å². The van der Waals surface area contributed by atoms with Crippen LogP contribution in [0.4, 0.5) is 5.69 Å². The van der Waals surface area contributed by atoms with E-state index in [4.69, 9.17) is 9.47 Å². The van der Waals surface area contributed by atoms with E-state index in [1.54, 1.807) is 44.5 Å². The van der Waals surface area contributed by atoms with E-state index in [1.165, 1.54) is 0 Å². The van der Waals surface area contributed by atoms with Crippen LogP contribution < -0.4 is 14.2 Å². The molecule has 0 aliphatic rings. The van der Waals surface area contributed by atoms with Crippen LogP contribution in [0.25, 0.3) is 10.9 Å². The van der Waals surface area contributed by atoms with E-state index >= 15 is 0 Å². The van der Waals surface area contributed by atoms with Crippen molar-refractivity contribution >= 4 is 27.9 Å². The SMILES string of the molecule is COc1ccc2c(Oc3ccc(NS(=O)[O-])c(C)c3)ccnc2c1. The summed E-state index contributed by atoms with van der Waals surface area (Å²) in [7, 11) is 1.61. The van der Waals surface area contributed by atoms with Crippen LogP contribution in [-0.4, -0.2) is 20.9 Å². The van der Waals surface area contributed by atoms with Crippen molar-refractivity contribution in [2.75, 3.05) is 11.8 Å². The molecule has 0 aliphatic carbocycles. The minimum Gasteiger partial charge on any atom is -0.755 e. The highest BCUT2D eigenvalue weighted by Gasteiger charge is 2.07. The van der Waals surface area contributed by atoms with Gasteiger partial charge in [0.1, 0.15) is 17.2 Å². The van der Waals surface area contributed by atoms with Gasteiger partial charge in [-0.1, -0.05) is 0 Å². The quantitative estimate of drug-likeness (QED) is 0.716. The fourth-order valence-electron chi connectivity index (χ4n) is 2.35. The van der Waals surface area contributed by atoms with Gasteiger partial charge in [-0.2, -0.15) is 0 Å². The monoisotopic (exact) mass is 343 g/mol. The summed E-state index contributed by atoms with van der Waals surface area (Å²) >= 11 is -2.35. The highest BCUT2D eigenvalue weighted by molar-refractivity contribution is 7.80. The molecule has 0 saturated carbocycles. The molecule has 7 heteroatoms. The van der Waals surface area contributed by atoms with Gasteiger partial charge in [0.2, 0.25) is 0 Å². The van der Waals surface area contributed by atoms with E-state index in [1.807, 2.05) is 18.2 Å². The van der Waals surface area contributed by atoms with Crippen molar-refractivity contribution in [1.29, 1.82) is 0 Å². The number of rotatable bonds is 5. The van der Waals surface area contributed by atoms with Gasteiger partial charge in [-0.25, -0.2) is 0 Å². The Balaban J connectivity index is 1.92. The topological polar surface area (TPSA) is 83.5 Å². The smallest absolute Gasteiger partial charge is 0.138 e. The number of ether oxygens (including phenoxy) is 2. The Bertz CT molecular complexity index is 914. The number of fused-ring (bicyclic) bond motifs is 1. The Morgan fingerprint density at radius 1 is 1.12 bits per heavy atom. The van der Waals surface area contributed by atoms with Gasteiger partial charge in [-0.3, -0.25) is 9.19 Å². The van der Waals surface area contributed by atoms with Gasteiger partial charge in [0, 0.05) is 34.6 Å². The molecule has 0 fully saturated rings. The third-order valence-corrected chi connectivity index (χ3v) is 3.92. The summed E-state index contributed by atoms with van der Waals surface area (Å²) in [5, 5.41) is 0.860. The molecule has 1 aromatic heterocycles. The van der Waals surface area contributed by atoms with Crippen LogP contribution in [-0.2, 0) is 11.3 Å². The first-order chi connectivity index (χ1) is 11.6. The highest BCUT2D eigenvalue weighted by Crippen LogP contribution is 2.32. The van der Waals surface area contributed by atoms with Gasteiger partial charge in [0.25, 0.3) is 0 Å². The van der Waals surface area contributed by atoms with E-state index in [0.29, 0.717) is 17.2 Å². The summed E-state index contributed by atoms with van der Waals surface area (Å²) in [6, 6.07) is 12.5. The second kappa shape index (κ2) is 6.86. The summed E-state index contributed by atoms with van der Waals surface area (Å²) in [6.07, 6.45) is 1.67. The molecule has 124 valence electrons. The Morgan fingerprint density at radius 2 is 1.92 bits per heavy atom. The van der Waals surface area contributed by atoms with E-state index in [0.717, 1.165) is 22.2 Å². The summed E-state index contributed by atoms with van der Waals surface area (Å²) in [6.45, 7) is 1.80. The molecule has 3 rings (SSSR count). The Labute approximate surface area is 141 Å². The molecule has 1 atom stereocenters. The van der Waals surface area contributed by atoms with Gasteiger partial charge >= 0.3 is 0 Å². The van der Waals surface area contributed by atoms with Crippen molar-refractivity contribution in [2.45, 2.75) is 6.92 Å². The molecule has 0 aliphatic heterocycles. The molecule has 0 bridgehead atoms. The lowest BCUT2D eigenvalue weighted by atomic mass is 10.2. The Kier molecular flexibility index (Phi) is 4.64. The zero-order chi connectivity index (χ0) is 17.1. The van der Waals surface area contributed by atoms with Crippen LogP contribution >= 0.6 is 0 Å². The van der Waals surface area contributed by atoms with Gasteiger partial charge < -0.3 is 18.7 Å². The second-order valence-electron chi connectivity index (χ2n) is 5.11. The molecule has 0 spiro atoms. The largest absolute Gasteiger partial charge is 0.755 e. The van der Waals surface area contributed by atoms with Crippen molar-refractivity contribution in [2.24, 2.45) is 0 Å². The Hall–Kier alpha value is -2.64. The molecule has 0 saturated heterocycles. The minimum atomic E-state index is -2.35. The molecule has 1 heterocycles. The summed E-state index contributed by atoms with van der Waals surface area (Å²) < 4.78 is 35.0. The van der Waals surface area contributed by atoms with Gasteiger partial charge in [-0.05, 0) is 48.9 Å². The summed E-state index contributed by atoms with van der Waals surface area (Å²) in [5.74, 6) is 2.00. The predicted molar refractivity (Wildman–Crippen MR) is 92.1 cm³/mol. The molecule has 0 radical (unpaired) electrons. The first-order valence-electron chi connectivity index (χ1n) is 7.14. The van der Waals surface area contributed by atoms with Crippen molar-refractivity contribution in [3.63, 3.8) is 0 Å². The van der Waals surface area contributed by atoms with Crippen LogP contribution in [0.1, 0.15) is 5.56 Å². The van der Waals surface area contributed by atoms with E-state index in [2.05, 4.69) is 9.71 Å². The molecule has 1 N–H and O–H groups in total. The van der Waals surface area contributed by atoms with E-state index < -0.39 is 11.3 Å². The highest BCUT2D eigenvalue weighted by atomic mass is 32.2. The fourth-order valence-corrected chi connectivity index (χ4v) is 2.76. The number of anilines is 1. The molecule has 24 heavy (non-hydrogen) atoms. The number of aromatic nitrogens is 1. The minimum absolute atomic E-state index is 0.514. The average molecular weight is 343 g/mol.